The number of hydrogen-bond donors (Lipinski definition) is 1. The molecule has 1 aliphatic heterocycles. The van der Waals surface area contributed by atoms with Gasteiger partial charge in [0.1, 0.15) is 0 Å². The summed E-state index contributed by atoms with van der Waals surface area (Å²) in [5.74, 6) is 1.54. The second kappa shape index (κ2) is 5.89. The zero-order chi connectivity index (χ0) is 14.0. The number of nitrogens with zero attached hydrogens (tertiary/aromatic N) is 2. The van der Waals surface area contributed by atoms with Gasteiger partial charge in [0.15, 0.2) is 5.13 Å². The van der Waals surface area contributed by atoms with Gasteiger partial charge in [-0.25, -0.2) is 4.98 Å². The zero-order valence-corrected chi connectivity index (χ0v) is 13.8. The van der Waals surface area contributed by atoms with Crippen LogP contribution in [-0.4, -0.2) is 39.3 Å². The van der Waals surface area contributed by atoms with Gasteiger partial charge in [-0.2, -0.15) is 0 Å². The highest BCUT2D eigenvalue weighted by Crippen LogP contribution is 2.27. The summed E-state index contributed by atoms with van der Waals surface area (Å²) in [6.07, 6.45) is 0. The Hall–Kier alpha value is -0.460. The minimum Gasteiger partial charge on any atom is -0.346 e. The molecular weight excluding hydrogens is 278 g/mol. The van der Waals surface area contributed by atoms with Crippen molar-refractivity contribution in [1.82, 2.24) is 10.3 Å². The molecule has 2 heterocycles. The SMILES string of the molecule is Cc1nc(N2CCS(=O)CC2)sc1CNC(C)(C)C. The summed E-state index contributed by atoms with van der Waals surface area (Å²) in [7, 11) is -0.626. The molecule has 0 atom stereocenters. The minimum atomic E-state index is -0.626. The van der Waals surface area contributed by atoms with Crippen LogP contribution in [0.1, 0.15) is 31.3 Å². The van der Waals surface area contributed by atoms with Crippen LogP contribution in [-0.2, 0) is 17.3 Å². The first-order chi connectivity index (χ1) is 8.85. The Bertz CT molecular complexity index is 455. The van der Waals surface area contributed by atoms with Gasteiger partial charge in [0, 0.05) is 52.4 Å². The number of rotatable bonds is 3. The lowest BCUT2D eigenvalue weighted by atomic mass is 10.1. The third-order valence-corrected chi connectivity index (χ3v) is 5.60. The molecule has 0 aromatic carbocycles. The predicted octanol–water partition coefficient (Wildman–Crippen LogP) is 1.91. The highest BCUT2D eigenvalue weighted by Gasteiger charge is 2.20. The Balaban J connectivity index is 2.02. The van der Waals surface area contributed by atoms with Crippen molar-refractivity contribution in [2.45, 2.75) is 39.8 Å². The van der Waals surface area contributed by atoms with Gasteiger partial charge in [0.2, 0.25) is 0 Å². The smallest absolute Gasteiger partial charge is 0.185 e. The fourth-order valence-electron chi connectivity index (χ4n) is 1.89. The third kappa shape index (κ3) is 4.26. The van der Waals surface area contributed by atoms with Crippen LogP contribution in [0.25, 0.3) is 0 Å². The molecule has 0 spiro atoms. The summed E-state index contributed by atoms with van der Waals surface area (Å²) in [4.78, 5) is 8.23. The maximum Gasteiger partial charge on any atom is 0.185 e. The van der Waals surface area contributed by atoms with Gasteiger partial charge >= 0.3 is 0 Å². The summed E-state index contributed by atoms with van der Waals surface area (Å²) >= 11 is 1.76. The van der Waals surface area contributed by atoms with Crippen molar-refractivity contribution in [3.05, 3.63) is 10.6 Å². The Morgan fingerprint density at radius 3 is 2.58 bits per heavy atom. The van der Waals surface area contributed by atoms with Gasteiger partial charge in [0.05, 0.1) is 5.69 Å². The number of thiazole rings is 1. The maximum atomic E-state index is 11.4. The molecule has 1 saturated heterocycles. The average molecular weight is 301 g/mol. The van der Waals surface area contributed by atoms with Crippen molar-refractivity contribution in [2.75, 3.05) is 29.5 Å². The molecule has 4 nitrogen and oxygen atoms in total. The fraction of sp³-hybridized carbons (Fsp3) is 0.769. The standard InChI is InChI=1S/C13H23N3OS2/c1-10-11(9-14-13(2,3)4)18-12(15-10)16-5-7-19(17)8-6-16/h14H,5-9H2,1-4H3. The van der Waals surface area contributed by atoms with Crippen LogP contribution in [0.3, 0.4) is 0 Å². The summed E-state index contributed by atoms with van der Waals surface area (Å²) in [6.45, 7) is 11.2. The van der Waals surface area contributed by atoms with Crippen LogP contribution >= 0.6 is 11.3 Å². The summed E-state index contributed by atoms with van der Waals surface area (Å²) in [5, 5.41) is 4.59. The van der Waals surface area contributed by atoms with Crippen LogP contribution in [0, 0.1) is 6.92 Å². The van der Waals surface area contributed by atoms with E-state index in [9.17, 15) is 4.21 Å². The lowest BCUT2D eigenvalue weighted by Crippen LogP contribution is -2.37. The van der Waals surface area contributed by atoms with E-state index < -0.39 is 10.8 Å². The first-order valence-corrected chi connectivity index (χ1v) is 8.97. The van der Waals surface area contributed by atoms with E-state index in [2.05, 4.69) is 42.9 Å². The zero-order valence-electron chi connectivity index (χ0n) is 12.2. The predicted molar refractivity (Wildman–Crippen MR) is 83.5 cm³/mol. The lowest BCUT2D eigenvalue weighted by Gasteiger charge is -2.25. The Kier molecular flexibility index (Phi) is 4.63. The molecule has 1 N–H and O–H groups in total. The van der Waals surface area contributed by atoms with Crippen molar-refractivity contribution >= 4 is 27.3 Å². The molecule has 1 aromatic rings. The Morgan fingerprint density at radius 2 is 2.00 bits per heavy atom. The largest absolute Gasteiger partial charge is 0.346 e. The van der Waals surface area contributed by atoms with E-state index in [4.69, 9.17) is 0 Å². The number of hydrogen-bond acceptors (Lipinski definition) is 5. The molecule has 1 aromatic heterocycles. The quantitative estimate of drug-likeness (QED) is 0.926. The third-order valence-electron chi connectivity index (χ3n) is 3.11. The monoisotopic (exact) mass is 301 g/mol. The van der Waals surface area contributed by atoms with E-state index in [0.29, 0.717) is 0 Å². The lowest BCUT2D eigenvalue weighted by molar-refractivity contribution is 0.425. The Morgan fingerprint density at radius 1 is 1.37 bits per heavy atom. The minimum absolute atomic E-state index is 0.124. The van der Waals surface area contributed by atoms with Crippen molar-refractivity contribution in [3.8, 4) is 0 Å². The fourth-order valence-corrected chi connectivity index (χ4v) is 3.99. The van der Waals surface area contributed by atoms with Crippen LogP contribution in [0.5, 0.6) is 0 Å². The number of anilines is 1. The Labute approximate surface area is 122 Å². The van der Waals surface area contributed by atoms with E-state index >= 15 is 0 Å². The first-order valence-electron chi connectivity index (χ1n) is 6.66. The van der Waals surface area contributed by atoms with Gasteiger partial charge in [-0.3, -0.25) is 4.21 Å². The number of aromatic nitrogens is 1. The molecule has 0 radical (unpaired) electrons. The highest BCUT2D eigenvalue weighted by molar-refractivity contribution is 7.85. The molecule has 6 heteroatoms. The number of nitrogens with one attached hydrogen (secondary N) is 1. The van der Waals surface area contributed by atoms with E-state index in [1.165, 1.54) is 4.88 Å². The highest BCUT2D eigenvalue weighted by atomic mass is 32.2. The molecule has 1 aliphatic rings. The number of aryl methyl sites for hydroxylation is 1. The van der Waals surface area contributed by atoms with Gasteiger partial charge in [-0.1, -0.05) is 0 Å². The molecule has 0 bridgehead atoms. The molecular formula is C13H23N3OS2. The van der Waals surface area contributed by atoms with Crippen molar-refractivity contribution in [2.24, 2.45) is 0 Å². The van der Waals surface area contributed by atoms with Crippen molar-refractivity contribution in [3.63, 3.8) is 0 Å². The van der Waals surface area contributed by atoms with Gasteiger partial charge < -0.3 is 10.2 Å². The van der Waals surface area contributed by atoms with Crippen molar-refractivity contribution < 1.29 is 4.21 Å². The normalized spacial score (nSPS) is 18.0. The van der Waals surface area contributed by atoms with E-state index in [0.717, 1.165) is 42.0 Å². The second-order valence-electron chi connectivity index (χ2n) is 5.94. The topological polar surface area (TPSA) is 45.2 Å². The summed E-state index contributed by atoms with van der Waals surface area (Å²) in [5.41, 5.74) is 1.24. The molecule has 0 aliphatic carbocycles. The van der Waals surface area contributed by atoms with Crippen molar-refractivity contribution in [1.29, 1.82) is 0 Å². The van der Waals surface area contributed by atoms with E-state index in [1.807, 2.05) is 0 Å². The van der Waals surface area contributed by atoms with E-state index in [1.54, 1.807) is 11.3 Å². The first kappa shape index (κ1) is 14.9. The molecule has 0 saturated carbocycles. The van der Waals surface area contributed by atoms with Gasteiger partial charge in [0.25, 0.3) is 0 Å². The van der Waals surface area contributed by atoms with Crippen LogP contribution in [0.15, 0.2) is 0 Å². The maximum absolute atomic E-state index is 11.4. The summed E-state index contributed by atoms with van der Waals surface area (Å²) in [6, 6.07) is 0. The molecule has 108 valence electrons. The van der Waals surface area contributed by atoms with E-state index in [-0.39, 0.29) is 5.54 Å². The molecule has 1 fully saturated rings. The van der Waals surface area contributed by atoms with Crippen LogP contribution < -0.4 is 10.2 Å². The molecule has 2 rings (SSSR count). The molecule has 0 unspecified atom stereocenters. The van der Waals surface area contributed by atoms with Crippen LogP contribution in [0.4, 0.5) is 5.13 Å². The molecule has 19 heavy (non-hydrogen) atoms. The van der Waals surface area contributed by atoms with Gasteiger partial charge in [-0.05, 0) is 27.7 Å². The second-order valence-corrected chi connectivity index (χ2v) is 8.70. The molecule has 0 amide bonds. The van der Waals surface area contributed by atoms with Gasteiger partial charge in [-0.15, -0.1) is 11.3 Å². The summed E-state index contributed by atoms with van der Waals surface area (Å²) < 4.78 is 11.4. The average Bonchev–Trinajstić information content (AvgIpc) is 2.68. The van der Waals surface area contributed by atoms with Crippen LogP contribution in [0.2, 0.25) is 0 Å².